The number of H-pyrrole nitrogens is 1. The average molecular weight is 370 g/mol. The number of nitrogens with one attached hydrogen (secondary N) is 1. The number of rotatable bonds is 3. The van der Waals surface area contributed by atoms with E-state index in [9.17, 15) is 9.59 Å². The van der Waals surface area contributed by atoms with E-state index in [0.29, 0.717) is 17.0 Å². The van der Waals surface area contributed by atoms with Crippen molar-refractivity contribution >= 4 is 27.5 Å². The fraction of sp³-hybridized carbons (Fsp3) is 0.333. The highest BCUT2D eigenvalue weighted by atomic mass is 79.9. The van der Waals surface area contributed by atoms with Gasteiger partial charge in [0.05, 0.1) is 5.56 Å². The van der Waals surface area contributed by atoms with Crippen LogP contribution in [-0.4, -0.2) is 9.55 Å². The molecule has 0 bridgehead atoms. The molecule has 6 heteroatoms. The summed E-state index contributed by atoms with van der Waals surface area (Å²) in [6.45, 7) is 2.06. The number of benzene rings is 1. The highest BCUT2D eigenvalue weighted by Crippen LogP contribution is 2.44. The van der Waals surface area contributed by atoms with Crippen molar-refractivity contribution in [2.75, 3.05) is 0 Å². The third kappa shape index (κ3) is 2.60. The van der Waals surface area contributed by atoms with E-state index in [1.807, 2.05) is 18.2 Å². The van der Waals surface area contributed by atoms with Crippen LogP contribution in [0.5, 0.6) is 0 Å². The minimum Gasteiger partial charge on any atom is -0.297 e. The Labute approximate surface area is 134 Å². The van der Waals surface area contributed by atoms with Crippen molar-refractivity contribution in [2.45, 2.75) is 25.8 Å². The number of aromatic nitrogens is 2. The van der Waals surface area contributed by atoms with Crippen molar-refractivity contribution in [3.05, 3.63) is 54.7 Å². The Kier molecular flexibility index (Phi) is 3.80. The van der Waals surface area contributed by atoms with Gasteiger partial charge in [-0.05, 0) is 30.0 Å². The quantitative estimate of drug-likeness (QED) is 0.841. The smallest absolute Gasteiger partial charge is 0.297 e. The molecule has 1 fully saturated rings. The van der Waals surface area contributed by atoms with Gasteiger partial charge in [0.25, 0.3) is 5.56 Å². The summed E-state index contributed by atoms with van der Waals surface area (Å²) in [5.74, 6) is 0.403. The largest absolute Gasteiger partial charge is 0.329 e. The minimum absolute atomic E-state index is 0.00517. The Morgan fingerprint density at radius 3 is 2.81 bits per heavy atom. The van der Waals surface area contributed by atoms with Gasteiger partial charge in [-0.1, -0.05) is 53.0 Å². The van der Waals surface area contributed by atoms with Gasteiger partial charge in [0.15, 0.2) is 0 Å². The van der Waals surface area contributed by atoms with Crippen LogP contribution in [-0.2, 0) is 0 Å². The van der Waals surface area contributed by atoms with Crippen LogP contribution in [0.2, 0.25) is 5.15 Å². The zero-order valence-electron chi connectivity index (χ0n) is 11.4. The number of halogens is 2. The lowest BCUT2D eigenvalue weighted by molar-refractivity contribution is 0.592. The van der Waals surface area contributed by atoms with Crippen molar-refractivity contribution in [3.8, 4) is 11.1 Å². The van der Waals surface area contributed by atoms with Crippen LogP contribution in [0.1, 0.15) is 25.8 Å². The van der Waals surface area contributed by atoms with Crippen molar-refractivity contribution in [2.24, 2.45) is 5.92 Å². The topological polar surface area (TPSA) is 54.9 Å². The van der Waals surface area contributed by atoms with Gasteiger partial charge in [-0.3, -0.25) is 14.3 Å². The van der Waals surface area contributed by atoms with E-state index in [1.54, 1.807) is 6.07 Å². The molecule has 1 aliphatic carbocycles. The lowest BCUT2D eigenvalue weighted by atomic mass is 10.1. The van der Waals surface area contributed by atoms with Crippen LogP contribution in [0, 0.1) is 5.92 Å². The second-order valence-corrected chi connectivity index (χ2v) is 6.57. The second kappa shape index (κ2) is 5.46. The summed E-state index contributed by atoms with van der Waals surface area (Å²) in [5, 5.41) is 0.0908. The minimum atomic E-state index is -0.426. The molecule has 0 amide bonds. The Bertz CT molecular complexity index is 812. The van der Waals surface area contributed by atoms with Gasteiger partial charge in [0, 0.05) is 10.5 Å². The highest BCUT2D eigenvalue weighted by Gasteiger charge is 2.39. The molecule has 0 saturated heterocycles. The summed E-state index contributed by atoms with van der Waals surface area (Å²) in [6, 6.07) is 7.32. The lowest BCUT2D eigenvalue weighted by Crippen LogP contribution is -2.36. The highest BCUT2D eigenvalue weighted by molar-refractivity contribution is 9.10. The first-order valence-corrected chi connectivity index (χ1v) is 8.00. The molecule has 1 N–H and O–H groups in total. The van der Waals surface area contributed by atoms with Gasteiger partial charge in [0.2, 0.25) is 0 Å². The molecule has 0 radical (unpaired) electrons. The molecule has 1 aliphatic rings. The standard InChI is InChI=1S/C15H14BrClN2O2/c1-2-8-7-11(8)19-14(20)12(13(17)18-15(19)21)9-4-3-5-10(16)6-9/h3-6,8,11H,2,7H2,1H3,(H,18,21). The van der Waals surface area contributed by atoms with Gasteiger partial charge < -0.3 is 0 Å². The molecule has 4 nitrogen and oxygen atoms in total. The van der Waals surface area contributed by atoms with Crippen molar-refractivity contribution in [1.29, 1.82) is 0 Å². The van der Waals surface area contributed by atoms with E-state index >= 15 is 0 Å². The second-order valence-electron chi connectivity index (χ2n) is 5.28. The molecular weight excluding hydrogens is 356 g/mol. The average Bonchev–Trinajstić information content (AvgIpc) is 3.17. The monoisotopic (exact) mass is 368 g/mol. The van der Waals surface area contributed by atoms with E-state index in [0.717, 1.165) is 17.3 Å². The molecule has 2 atom stereocenters. The molecule has 2 unspecified atom stereocenters. The first-order chi connectivity index (χ1) is 10.0. The first kappa shape index (κ1) is 14.6. The maximum absolute atomic E-state index is 12.7. The maximum atomic E-state index is 12.7. The Balaban J connectivity index is 2.20. The third-order valence-electron chi connectivity index (χ3n) is 3.94. The van der Waals surface area contributed by atoms with E-state index in [4.69, 9.17) is 11.6 Å². The molecule has 3 rings (SSSR count). The number of hydrogen-bond donors (Lipinski definition) is 1. The van der Waals surface area contributed by atoms with Crippen LogP contribution < -0.4 is 11.2 Å². The van der Waals surface area contributed by atoms with Crippen molar-refractivity contribution < 1.29 is 0 Å². The number of aromatic amines is 1. The molecule has 0 aliphatic heterocycles. The van der Waals surface area contributed by atoms with Crippen LogP contribution in [0.4, 0.5) is 0 Å². The van der Waals surface area contributed by atoms with E-state index in [2.05, 4.69) is 27.8 Å². The Hall–Kier alpha value is -1.33. The molecule has 0 spiro atoms. The Morgan fingerprint density at radius 1 is 1.43 bits per heavy atom. The van der Waals surface area contributed by atoms with Gasteiger partial charge in [0.1, 0.15) is 5.15 Å². The maximum Gasteiger partial charge on any atom is 0.329 e. The summed E-state index contributed by atoms with van der Waals surface area (Å²) in [7, 11) is 0. The molecule has 110 valence electrons. The fourth-order valence-electron chi connectivity index (χ4n) is 2.71. The molecule has 21 heavy (non-hydrogen) atoms. The molecular formula is C15H14BrClN2O2. The molecule has 1 aromatic carbocycles. The SMILES string of the molecule is CCC1CC1n1c(=O)[nH]c(Cl)c(-c2cccc(Br)c2)c1=O. The summed E-state index contributed by atoms with van der Waals surface area (Å²) >= 11 is 9.48. The zero-order chi connectivity index (χ0) is 15.1. The van der Waals surface area contributed by atoms with Gasteiger partial charge in [-0.25, -0.2) is 4.79 Å². The van der Waals surface area contributed by atoms with Crippen LogP contribution in [0.15, 0.2) is 38.3 Å². The summed E-state index contributed by atoms with van der Waals surface area (Å²) in [6.07, 6.45) is 1.84. The third-order valence-corrected chi connectivity index (χ3v) is 4.72. The zero-order valence-corrected chi connectivity index (χ0v) is 13.7. The molecule has 1 aromatic heterocycles. The van der Waals surface area contributed by atoms with E-state index < -0.39 is 5.69 Å². The van der Waals surface area contributed by atoms with Gasteiger partial charge in [-0.15, -0.1) is 0 Å². The normalized spacial score (nSPS) is 20.5. The van der Waals surface area contributed by atoms with Gasteiger partial charge in [-0.2, -0.15) is 0 Å². The molecule has 2 aromatic rings. The van der Waals surface area contributed by atoms with Crippen molar-refractivity contribution in [1.82, 2.24) is 9.55 Å². The summed E-state index contributed by atoms with van der Waals surface area (Å²) in [5.41, 5.74) is 0.296. The number of nitrogens with zero attached hydrogens (tertiary/aromatic N) is 1. The summed E-state index contributed by atoms with van der Waals surface area (Å²) in [4.78, 5) is 27.4. The van der Waals surface area contributed by atoms with Crippen LogP contribution in [0.3, 0.4) is 0 Å². The van der Waals surface area contributed by atoms with Gasteiger partial charge >= 0.3 is 5.69 Å². The predicted octanol–water partition coefficient (Wildman–Crippen LogP) is 3.59. The fourth-order valence-corrected chi connectivity index (χ4v) is 3.38. The van der Waals surface area contributed by atoms with Crippen LogP contribution >= 0.6 is 27.5 Å². The Morgan fingerprint density at radius 2 is 2.19 bits per heavy atom. The van der Waals surface area contributed by atoms with E-state index in [1.165, 1.54) is 4.57 Å². The van der Waals surface area contributed by atoms with Crippen molar-refractivity contribution in [3.63, 3.8) is 0 Å². The summed E-state index contributed by atoms with van der Waals surface area (Å²) < 4.78 is 2.17. The molecule has 1 heterocycles. The van der Waals surface area contributed by atoms with Crippen LogP contribution in [0.25, 0.3) is 11.1 Å². The lowest BCUT2D eigenvalue weighted by Gasteiger charge is -2.09. The van der Waals surface area contributed by atoms with E-state index in [-0.39, 0.29) is 16.8 Å². The predicted molar refractivity (Wildman–Crippen MR) is 86.9 cm³/mol. The first-order valence-electron chi connectivity index (χ1n) is 6.83. The molecule has 1 saturated carbocycles. The number of hydrogen-bond acceptors (Lipinski definition) is 2.